The number of carbonyl (C=O) groups excluding carboxylic acids is 2. The van der Waals surface area contributed by atoms with Gasteiger partial charge in [0.2, 0.25) is 5.91 Å². The van der Waals surface area contributed by atoms with Crippen LogP contribution in [0.15, 0.2) is 36.4 Å². The van der Waals surface area contributed by atoms with E-state index in [0.717, 1.165) is 11.1 Å². The minimum atomic E-state index is -0.678. The van der Waals surface area contributed by atoms with Crippen molar-refractivity contribution in [3.63, 3.8) is 0 Å². The molecule has 2 aromatic rings. The van der Waals surface area contributed by atoms with Crippen molar-refractivity contribution in [1.82, 2.24) is 0 Å². The molecule has 0 aliphatic heterocycles. The van der Waals surface area contributed by atoms with Crippen molar-refractivity contribution in [2.75, 3.05) is 5.32 Å². The van der Waals surface area contributed by atoms with Crippen molar-refractivity contribution in [3.8, 4) is 5.75 Å². The molecule has 0 radical (unpaired) electrons. The summed E-state index contributed by atoms with van der Waals surface area (Å²) < 4.78 is 5.72. The first-order chi connectivity index (χ1) is 11.3. The zero-order valence-electron chi connectivity index (χ0n) is 14.3. The van der Waals surface area contributed by atoms with E-state index in [2.05, 4.69) is 5.32 Å². The van der Waals surface area contributed by atoms with Gasteiger partial charge in [0, 0.05) is 11.3 Å². The quantitative estimate of drug-likeness (QED) is 0.886. The van der Waals surface area contributed by atoms with Crippen LogP contribution in [0.3, 0.4) is 0 Å². The molecule has 0 bridgehead atoms. The van der Waals surface area contributed by atoms with E-state index in [1.165, 1.54) is 0 Å². The highest BCUT2D eigenvalue weighted by Crippen LogP contribution is 2.21. The lowest BCUT2D eigenvalue weighted by Gasteiger charge is -2.17. The van der Waals surface area contributed by atoms with Crippen LogP contribution < -0.4 is 15.8 Å². The number of nitrogens with one attached hydrogen (secondary N) is 1. The molecule has 0 aliphatic rings. The minimum absolute atomic E-state index is 0.293. The number of nitrogens with two attached hydrogens (primary N) is 1. The molecule has 126 valence electrons. The predicted molar refractivity (Wildman–Crippen MR) is 94.3 cm³/mol. The number of hydrogen-bond acceptors (Lipinski definition) is 3. The number of anilines is 1. The van der Waals surface area contributed by atoms with Crippen molar-refractivity contribution < 1.29 is 14.3 Å². The molecule has 24 heavy (non-hydrogen) atoms. The van der Waals surface area contributed by atoms with E-state index in [1.54, 1.807) is 32.0 Å². The van der Waals surface area contributed by atoms with Crippen molar-refractivity contribution in [3.05, 3.63) is 58.7 Å². The van der Waals surface area contributed by atoms with Crippen LogP contribution in [-0.2, 0) is 4.79 Å². The Morgan fingerprint density at radius 3 is 2.29 bits per heavy atom. The normalized spacial score (nSPS) is 11.7. The fraction of sp³-hybridized carbons (Fsp3) is 0.263. The van der Waals surface area contributed by atoms with Crippen LogP contribution in [-0.4, -0.2) is 17.9 Å². The standard InChI is InChI=1S/C19H22N2O3/c1-11-8-12(2)10-15(9-11)24-14(4)19(23)21-17-7-5-6-16(13(17)3)18(20)22/h5-10,14H,1-4H3,(H2,20,22)(H,21,23). The molecule has 2 amide bonds. The third-order valence-electron chi connectivity index (χ3n) is 3.73. The summed E-state index contributed by atoms with van der Waals surface area (Å²) in [7, 11) is 0. The van der Waals surface area contributed by atoms with Gasteiger partial charge in [0.05, 0.1) is 0 Å². The van der Waals surface area contributed by atoms with Gasteiger partial charge in [-0.1, -0.05) is 12.1 Å². The van der Waals surface area contributed by atoms with Crippen molar-refractivity contribution in [2.45, 2.75) is 33.8 Å². The van der Waals surface area contributed by atoms with Gasteiger partial charge in [-0.2, -0.15) is 0 Å². The van der Waals surface area contributed by atoms with Crippen molar-refractivity contribution >= 4 is 17.5 Å². The van der Waals surface area contributed by atoms with E-state index in [4.69, 9.17) is 10.5 Å². The minimum Gasteiger partial charge on any atom is -0.481 e. The van der Waals surface area contributed by atoms with Gasteiger partial charge in [0.1, 0.15) is 5.75 Å². The summed E-state index contributed by atoms with van der Waals surface area (Å²) in [6.45, 7) is 7.37. The SMILES string of the molecule is Cc1cc(C)cc(OC(C)C(=O)Nc2cccc(C(N)=O)c2C)c1. The summed E-state index contributed by atoms with van der Waals surface area (Å²) in [4.78, 5) is 23.8. The summed E-state index contributed by atoms with van der Waals surface area (Å²) in [5, 5.41) is 2.78. The zero-order chi connectivity index (χ0) is 17.9. The van der Waals surface area contributed by atoms with E-state index >= 15 is 0 Å². The molecule has 3 N–H and O–H groups in total. The van der Waals surface area contributed by atoms with Crippen LogP contribution in [0.1, 0.15) is 34.0 Å². The summed E-state index contributed by atoms with van der Waals surface area (Å²) in [6, 6.07) is 10.8. The number of amides is 2. The van der Waals surface area contributed by atoms with Crippen LogP contribution in [0, 0.1) is 20.8 Å². The smallest absolute Gasteiger partial charge is 0.265 e. The van der Waals surface area contributed by atoms with Gasteiger partial charge in [-0.15, -0.1) is 0 Å². The molecule has 2 aromatic carbocycles. The Morgan fingerprint density at radius 2 is 1.71 bits per heavy atom. The van der Waals surface area contributed by atoms with Crippen LogP contribution in [0.5, 0.6) is 5.75 Å². The average Bonchev–Trinajstić information content (AvgIpc) is 2.47. The van der Waals surface area contributed by atoms with Gasteiger partial charge in [0.15, 0.2) is 6.10 Å². The highest BCUT2D eigenvalue weighted by molar-refractivity contribution is 5.99. The molecular weight excluding hydrogens is 304 g/mol. The zero-order valence-corrected chi connectivity index (χ0v) is 14.3. The van der Waals surface area contributed by atoms with Crippen LogP contribution in [0.25, 0.3) is 0 Å². The summed E-state index contributed by atoms with van der Waals surface area (Å²) in [6.07, 6.45) is -0.678. The second-order valence-electron chi connectivity index (χ2n) is 5.92. The van der Waals surface area contributed by atoms with E-state index in [1.807, 2.05) is 32.0 Å². The van der Waals surface area contributed by atoms with Gasteiger partial charge in [-0.05, 0) is 68.7 Å². The molecule has 0 heterocycles. The Bertz CT molecular complexity index is 764. The summed E-state index contributed by atoms with van der Waals surface area (Å²) in [5.41, 5.74) is 9.04. The molecule has 0 saturated carbocycles. The Morgan fingerprint density at radius 1 is 1.08 bits per heavy atom. The number of carbonyl (C=O) groups is 2. The molecule has 0 spiro atoms. The lowest BCUT2D eigenvalue weighted by Crippen LogP contribution is -2.30. The van der Waals surface area contributed by atoms with E-state index in [0.29, 0.717) is 22.6 Å². The Balaban J connectivity index is 2.12. The molecule has 0 fully saturated rings. The van der Waals surface area contributed by atoms with Crippen molar-refractivity contribution in [1.29, 1.82) is 0 Å². The molecule has 1 unspecified atom stereocenters. The maximum atomic E-state index is 12.4. The number of hydrogen-bond donors (Lipinski definition) is 2. The fourth-order valence-corrected chi connectivity index (χ4v) is 2.53. The predicted octanol–water partition coefficient (Wildman–Crippen LogP) is 3.12. The number of primary amides is 1. The molecular formula is C19H22N2O3. The molecule has 0 aliphatic carbocycles. The lowest BCUT2D eigenvalue weighted by molar-refractivity contribution is -0.122. The summed E-state index contributed by atoms with van der Waals surface area (Å²) in [5.74, 6) is -0.167. The monoisotopic (exact) mass is 326 g/mol. The van der Waals surface area contributed by atoms with Gasteiger partial charge < -0.3 is 15.8 Å². The number of aryl methyl sites for hydroxylation is 2. The Labute approximate surface area is 141 Å². The molecule has 0 aromatic heterocycles. The van der Waals surface area contributed by atoms with Crippen LogP contribution in [0.2, 0.25) is 0 Å². The highest BCUT2D eigenvalue weighted by Gasteiger charge is 2.17. The van der Waals surface area contributed by atoms with Gasteiger partial charge in [-0.25, -0.2) is 0 Å². The molecule has 5 nitrogen and oxygen atoms in total. The Kier molecular flexibility index (Phi) is 5.24. The third-order valence-corrected chi connectivity index (χ3v) is 3.73. The van der Waals surface area contributed by atoms with Crippen LogP contribution >= 0.6 is 0 Å². The summed E-state index contributed by atoms with van der Waals surface area (Å²) >= 11 is 0. The van der Waals surface area contributed by atoms with Gasteiger partial charge in [-0.3, -0.25) is 9.59 Å². The van der Waals surface area contributed by atoms with E-state index < -0.39 is 12.0 Å². The number of benzene rings is 2. The molecule has 2 rings (SSSR count). The second kappa shape index (κ2) is 7.17. The fourth-order valence-electron chi connectivity index (χ4n) is 2.53. The first kappa shape index (κ1) is 17.5. The third kappa shape index (κ3) is 4.13. The Hall–Kier alpha value is -2.82. The van der Waals surface area contributed by atoms with E-state index in [-0.39, 0.29) is 5.91 Å². The van der Waals surface area contributed by atoms with Gasteiger partial charge >= 0.3 is 0 Å². The highest BCUT2D eigenvalue weighted by atomic mass is 16.5. The van der Waals surface area contributed by atoms with Crippen LogP contribution in [0.4, 0.5) is 5.69 Å². The number of rotatable bonds is 5. The van der Waals surface area contributed by atoms with Crippen molar-refractivity contribution in [2.24, 2.45) is 5.73 Å². The maximum absolute atomic E-state index is 12.4. The molecule has 1 atom stereocenters. The topological polar surface area (TPSA) is 81.4 Å². The first-order valence-corrected chi connectivity index (χ1v) is 7.73. The first-order valence-electron chi connectivity index (χ1n) is 7.73. The maximum Gasteiger partial charge on any atom is 0.265 e. The van der Waals surface area contributed by atoms with E-state index in [9.17, 15) is 9.59 Å². The molecule has 0 saturated heterocycles. The van der Waals surface area contributed by atoms with Gasteiger partial charge in [0.25, 0.3) is 5.91 Å². The largest absolute Gasteiger partial charge is 0.481 e. The average molecular weight is 326 g/mol. The number of ether oxygens (including phenoxy) is 1. The lowest BCUT2D eigenvalue weighted by atomic mass is 10.1. The second-order valence-corrected chi connectivity index (χ2v) is 5.92. The molecule has 5 heteroatoms.